The molecule has 1 saturated heterocycles. The number of hydrogen-bond acceptors (Lipinski definition) is 4. The zero-order valence-electron chi connectivity index (χ0n) is 15.7. The Labute approximate surface area is 158 Å². The number of hydrogen-bond donors (Lipinski definition) is 2. The highest BCUT2D eigenvalue weighted by molar-refractivity contribution is 5.78. The molecule has 1 aliphatic heterocycles. The van der Waals surface area contributed by atoms with Crippen molar-refractivity contribution in [2.75, 3.05) is 26.2 Å². The van der Waals surface area contributed by atoms with Gasteiger partial charge in [0, 0.05) is 43.5 Å². The first-order chi connectivity index (χ1) is 13.0. The zero-order chi connectivity index (χ0) is 18.6. The van der Waals surface area contributed by atoms with E-state index in [2.05, 4.69) is 14.9 Å². The summed E-state index contributed by atoms with van der Waals surface area (Å²) in [5.74, 6) is 2.77. The second-order valence-corrected chi connectivity index (χ2v) is 9.28. The van der Waals surface area contributed by atoms with Gasteiger partial charge in [-0.1, -0.05) is 0 Å². The highest BCUT2D eigenvalue weighted by atomic mass is 16.2. The minimum atomic E-state index is -0.541. The van der Waals surface area contributed by atoms with Crippen molar-refractivity contribution in [3.05, 3.63) is 32.6 Å². The number of aromatic amines is 2. The number of nitrogens with zero attached hydrogens (tertiary/aromatic N) is 2. The summed E-state index contributed by atoms with van der Waals surface area (Å²) in [6, 6.07) is 0. The maximum Gasteiger partial charge on any atom is 0.325 e. The molecule has 0 unspecified atom stereocenters. The van der Waals surface area contributed by atoms with Crippen molar-refractivity contribution >= 4 is 5.91 Å². The Kier molecular flexibility index (Phi) is 4.04. The highest BCUT2D eigenvalue weighted by Gasteiger charge is 2.53. The van der Waals surface area contributed by atoms with Crippen LogP contribution in [0, 0.1) is 17.8 Å². The van der Waals surface area contributed by atoms with E-state index < -0.39 is 11.2 Å². The predicted molar refractivity (Wildman–Crippen MR) is 100 cm³/mol. The third kappa shape index (κ3) is 3.06. The Morgan fingerprint density at radius 3 is 2.15 bits per heavy atom. The summed E-state index contributed by atoms with van der Waals surface area (Å²) in [4.78, 5) is 44.7. The van der Waals surface area contributed by atoms with Crippen LogP contribution in [-0.2, 0) is 11.2 Å². The Balaban J connectivity index is 1.22. The van der Waals surface area contributed by atoms with Gasteiger partial charge in [-0.05, 0) is 56.3 Å². The van der Waals surface area contributed by atoms with Gasteiger partial charge in [-0.15, -0.1) is 0 Å². The lowest BCUT2D eigenvalue weighted by Gasteiger charge is -2.61. The van der Waals surface area contributed by atoms with Crippen LogP contribution in [0.1, 0.15) is 44.1 Å². The lowest BCUT2D eigenvalue weighted by Crippen LogP contribution is -2.64. The summed E-state index contributed by atoms with van der Waals surface area (Å²) >= 11 is 0. The molecule has 1 amide bonds. The van der Waals surface area contributed by atoms with Crippen molar-refractivity contribution in [2.24, 2.45) is 17.8 Å². The number of carbonyl (C=O) groups is 1. The number of aromatic nitrogens is 2. The summed E-state index contributed by atoms with van der Waals surface area (Å²) in [5.41, 5.74) is -0.289. The molecule has 2 heterocycles. The number of H-pyrrole nitrogens is 2. The molecule has 4 saturated carbocycles. The third-order valence-corrected chi connectivity index (χ3v) is 7.55. The number of nitrogens with one attached hydrogen (secondary N) is 2. The molecule has 0 atom stereocenters. The van der Waals surface area contributed by atoms with Crippen molar-refractivity contribution in [3.8, 4) is 0 Å². The van der Waals surface area contributed by atoms with E-state index >= 15 is 0 Å². The Morgan fingerprint density at radius 1 is 1.00 bits per heavy atom. The molecule has 7 heteroatoms. The minimum Gasteiger partial charge on any atom is -0.340 e. The van der Waals surface area contributed by atoms with Crippen molar-refractivity contribution in [3.63, 3.8) is 0 Å². The SMILES string of the molecule is O=C(Cc1c[nH]c(=O)[nH]c1=O)N1CCN(C23CC4CC(CC(C4)C2)C3)CC1. The van der Waals surface area contributed by atoms with E-state index in [1.807, 2.05) is 4.90 Å². The second-order valence-electron chi connectivity index (χ2n) is 9.28. The maximum absolute atomic E-state index is 12.6. The van der Waals surface area contributed by atoms with Crippen LogP contribution < -0.4 is 11.2 Å². The van der Waals surface area contributed by atoms with Gasteiger partial charge in [0.25, 0.3) is 5.56 Å². The van der Waals surface area contributed by atoms with E-state index in [9.17, 15) is 14.4 Å². The van der Waals surface area contributed by atoms with Crippen molar-refractivity contribution < 1.29 is 4.79 Å². The highest BCUT2D eigenvalue weighted by Crippen LogP contribution is 2.57. The second kappa shape index (κ2) is 6.33. The van der Waals surface area contributed by atoms with E-state index in [1.54, 1.807) is 0 Å². The lowest BCUT2D eigenvalue weighted by atomic mass is 9.52. The minimum absolute atomic E-state index is 0.0299. The summed E-state index contributed by atoms with van der Waals surface area (Å²) in [5, 5.41) is 0. The Morgan fingerprint density at radius 2 is 1.59 bits per heavy atom. The molecule has 4 aliphatic carbocycles. The summed E-state index contributed by atoms with van der Waals surface area (Å²) < 4.78 is 0. The molecule has 7 nitrogen and oxygen atoms in total. The van der Waals surface area contributed by atoms with Crippen molar-refractivity contribution in [1.29, 1.82) is 0 Å². The van der Waals surface area contributed by atoms with Crippen LogP contribution in [0.5, 0.6) is 0 Å². The molecule has 0 aromatic carbocycles. The van der Waals surface area contributed by atoms with Gasteiger partial charge in [0.15, 0.2) is 0 Å². The van der Waals surface area contributed by atoms with Crippen molar-refractivity contribution in [2.45, 2.75) is 50.5 Å². The van der Waals surface area contributed by atoms with Crippen LogP contribution >= 0.6 is 0 Å². The maximum atomic E-state index is 12.6. The fourth-order valence-corrected chi connectivity index (χ4v) is 6.73. The molecule has 5 fully saturated rings. The van der Waals surface area contributed by atoms with E-state index in [0.29, 0.717) is 11.1 Å². The predicted octanol–water partition coefficient (Wildman–Crippen LogP) is 0.719. The fraction of sp³-hybridized carbons (Fsp3) is 0.750. The van der Waals surface area contributed by atoms with E-state index in [-0.39, 0.29) is 12.3 Å². The number of carbonyl (C=O) groups excluding carboxylic acids is 1. The van der Waals surface area contributed by atoms with E-state index in [1.165, 1.54) is 44.7 Å². The molecule has 2 N–H and O–H groups in total. The molecule has 1 aromatic heterocycles. The molecule has 1 aromatic rings. The van der Waals surface area contributed by atoms with Gasteiger partial charge >= 0.3 is 5.69 Å². The van der Waals surface area contributed by atoms with Gasteiger partial charge < -0.3 is 9.88 Å². The molecule has 0 spiro atoms. The first kappa shape index (κ1) is 17.2. The van der Waals surface area contributed by atoms with Gasteiger partial charge in [0.05, 0.1) is 6.42 Å². The molecule has 4 bridgehead atoms. The fourth-order valence-electron chi connectivity index (χ4n) is 6.73. The zero-order valence-corrected chi connectivity index (χ0v) is 15.7. The Bertz CT molecular complexity index is 814. The molecule has 27 heavy (non-hydrogen) atoms. The van der Waals surface area contributed by atoms with Crippen LogP contribution in [0.3, 0.4) is 0 Å². The monoisotopic (exact) mass is 372 g/mol. The summed E-state index contributed by atoms with van der Waals surface area (Å²) in [7, 11) is 0. The quantitative estimate of drug-likeness (QED) is 0.818. The molecule has 6 rings (SSSR count). The lowest BCUT2D eigenvalue weighted by molar-refractivity contribution is -0.137. The first-order valence-electron chi connectivity index (χ1n) is 10.3. The summed E-state index contributed by atoms with van der Waals surface area (Å²) in [6.45, 7) is 3.36. The molecule has 0 radical (unpaired) electrons. The molecular weight excluding hydrogens is 344 g/mol. The first-order valence-corrected chi connectivity index (χ1v) is 10.3. The van der Waals surface area contributed by atoms with Crippen LogP contribution in [0.4, 0.5) is 0 Å². The number of piperazine rings is 1. The number of rotatable bonds is 3. The van der Waals surface area contributed by atoms with Crippen LogP contribution in [0.15, 0.2) is 15.8 Å². The van der Waals surface area contributed by atoms with Crippen LogP contribution in [0.2, 0.25) is 0 Å². The van der Waals surface area contributed by atoms with Crippen LogP contribution in [0.25, 0.3) is 0 Å². The largest absolute Gasteiger partial charge is 0.340 e. The van der Waals surface area contributed by atoms with Gasteiger partial charge in [0.2, 0.25) is 5.91 Å². The number of amides is 1. The van der Waals surface area contributed by atoms with Gasteiger partial charge in [0.1, 0.15) is 0 Å². The molecular formula is C20H28N4O3. The average molecular weight is 372 g/mol. The van der Waals surface area contributed by atoms with Gasteiger partial charge in [-0.25, -0.2) is 4.79 Å². The molecule has 5 aliphatic rings. The smallest absolute Gasteiger partial charge is 0.325 e. The third-order valence-electron chi connectivity index (χ3n) is 7.55. The topological polar surface area (TPSA) is 89.3 Å². The van der Waals surface area contributed by atoms with E-state index in [0.717, 1.165) is 43.9 Å². The molecule has 146 valence electrons. The van der Waals surface area contributed by atoms with Crippen molar-refractivity contribution in [1.82, 2.24) is 19.8 Å². The van der Waals surface area contributed by atoms with Crippen LogP contribution in [-0.4, -0.2) is 57.4 Å². The van der Waals surface area contributed by atoms with E-state index in [4.69, 9.17) is 0 Å². The van der Waals surface area contributed by atoms with Gasteiger partial charge in [-0.2, -0.15) is 0 Å². The Hall–Kier alpha value is -1.89. The summed E-state index contributed by atoms with van der Waals surface area (Å²) in [6.07, 6.45) is 9.83. The van der Waals surface area contributed by atoms with Gasteiger partial charge in [-0.3, -0.25) is 19.5 Å². The standard InChI is InChI=1S/C20H28N4O3/c25-17(8-16-12-21-19(27)22-18(16)26)23-1-3-24(4-2-23)20-9-13-5-14(10-20)7-15(6-13)11-20/h12-15H,1-11H2,(H2,21,22,26,27). The normalized spacial score (nSPS) is 35.6. The average Bonchev–Trinajstić information content (AvgIpc) is 2.63.